The number of carbonyl (C=O) groups excluding carboxylic acids is 1. The highest BCUT2D eigenvalue weighted by atomic mass is 19.1. The summed E-state index contributed by atoms with van der Waals surface area (Å²) in [4.78, 5) is 22.4. The summed E-state index contributed by atoms with van der Waals surface area (Å²) in [5.74, 6) is -1.65. The second-order valence-corrected chi connectivity index (χ2v) is 16.0. The summed E-state index contributed by atoms with van der Waals surface area (Å²) in [5, 5.41) is 34.2. The highest BCUT2D eigenvalue weighted by molar-refractivity contribution is 6.03. The van der Waals surface area contributed by atoms with Crippen molar-refractivity contribution in [2.24, 2.45) is 22.9 Å². The van der Waals surface area contributed by atoms with Gasteiger partial charge in [0.25, 0.3) is 5.91 Å². The summed E-state index contributed by atoms with van der Waals surface area (Å²) in [6.07, 6.45) is 8.64. The average Bonchev–Trinajstić information content (AvgIpc) is 3.29. The molecule has 1 aliphatic heterocycles. The number of hydrogen-bond acceptors (Lipinski definition) is 9. The van der Waals surface area contributed by atoms with Crippen molar-refractivity contribution in [1.29, 1.82) is 5.26 Å². The maximum absolute atomic E-state index is 14.7. The van der Waals surface area contributed by atoms with E-state index in [1.54, 1.807) is 60.5 Å². The number of nitrogens with zero attached hydrogens (tertiary/aromatic N) is 3. The van der Waals surface area contributed by atoms with E-state index in [-0.39, 0.29) is 68.9 Å². The number of unbranched alkanes of at least 4 members (excludes halogenated alkanes) is 2. The van der Waals surface area contributed by atoms with Crippen molar-refractivity contribution in [2.75, 3.05) is 26.9 Å². The van der Waals surface area contributed by atoms with Crippen molar-refractivity contribution in [3.8, 4) is 17.6 Å². The van der Waals surface area contributed by atoms with Crippen molar-refractivity contribution < 1.29 is 38.4 Å². The summed E-state index contributed by atoms with van der Waals surface area (Å²) in [6.45, 7) is 4.54. The lowest BCUT2D eigenvalue weighted by molar-refractivity contribution is -0.252. The number of oxime groups is 1. The molecular formula is C50H54FN3O7. The number of allylic oxidation sites excluding steroid dienone is 1. The van der Waals surface area contributed by atoms with Crippen LogP contribution in [0.2, 0.25) is 0 Å². The first-order chi connectivity index (χ1) is 29.8. The standard InChI is InChI=1S/C50H54FN3O7/c1-3-27-59-50-46(54(2)49(57)36-21-19-34(31-52)20-22-36)30-44(53-60-32-35-13-5-4-6-14-35)41-28-37(15-9-11-25-55)40(17-10-12-26-56)47(48(41)50)42-29-39(23-24-45(42)61-50)58-33-38-16-7-8-18-43(38)51/h3-8,13-14,16,18-24,28-29,37,40,46-48,55-56H,1,9-12,15,17,25-27,30,32-33H2,2H3. The number of likely N-dealkylation sites (N-methyl/N-ethyl adjacent to an activating group) is 1. The van der Waals surface area contributed by atoms with Crippen LogP contribution in [-0.4, -0.2) is 65.4 Å². The number of carbonyl (C=O) groups is 1. The van der Waals surface area contributed by atoms with Crippen molar-refractivity contribution in [3.05, 3.63) is 155 Å². The van der Waals surface area contributed by atoms with E-state index in [9.17, 15) is 24.7 Å². The quantitative estimate of drug-likeness (QED) is 0.0544. The fraction of sp³-hybridized carbons (Fsp3) is 0.380. The second kappa shape index (κ2) is 20.2. The maximum Gasteiger partial charge on any atom is 0.254 e. The first kappa shape index (κ1) is 43.3. The second-order valence-electron chi connectivity index (χ2n) is 16.0. The molecule has 1 amide bonds. The number of amides is 1. The Balaban J connectivity index is 1.40. The third-order valence-electron chi connectivity index (χ3n) is 12.3. The molecular weight excluding hydrogens is 774 g/mol. The molecule has 1 heterocycles. The topological polar surface area (TPSA) is 134 Å². The third kappa shape index (κ3) is 9.42. The van der Waals surface area contributed by atoms with E-state index in [2.05, 4.69) is 18.7 Å². The monoisotopic (exact) mass is 827 g/mol. The van der Waals surface area contributed by atoms with Gasteiger partial charge in [-0.1, -0.05) is 78.7 Å². The SMILES string of the molecule is C=CCOC12Oc3ccc(OCc4ccccc4F)cc3C3C(CCCCO)C(CCCCO)C=C(C(=NOCc4ccccc4)CC1N(C)C(=O)c1ccc(C#N)cc1)C32. The predicted octanol–water partition coefficient (Wildman–Crippen LogP) is 8.88. The lowest BCUT2D eigenvalue weighted by atomic mass is 9.55. The van der Waals surface area contributed by atoms with E-state index in [1.165, 1.54) is 6.07 Å². The van der Waals surface area contributed by atoms with Gasteiger partial charge in [-0.2, -0.15) is 5.26 Å². The Kier molecular flexibility index (Phi) is 14.3. The zero-order valence-electron chi connectivity index (χ0n) is 34.6. The first-order valence-electron chi connectivity index (χ1n) is 21.2. The molecule has 0 spiro atoms. The van der Waals surface area contributed by atoms with E-state index < -0.39 is 17.7 Å². The van der Waals surface area contributed by atoms with Crippen molar-refractivity contribution >= 4 is 11.6 Å². The minimum atomic E-state index is -1.44. The van der Waals surface area contributed by atoms with Crippen molar-refractivity contribution in [3.63, 3.8) is 0 Å². The molecule has 0 radical (unpaired) electrons. The Morgan fingerprint density at radius 1 is 0.984 bits per heavy atom. The van der Waals surface area contributed by atoms with Gasteiger partial charge in [0, 0.05) is 49.3 Å². The van der Waals surface area contributed by atoms with Gasteiger partial charge in [0.2, 0.25) is 5.79 Å². The van der Waals surface area contributed by atoms with E-state index >= 15 is 0 Å². The number of ether oxygens (including phenoxy) is 3. The molecule has 4 aromatic carbocycles. The molecule has 1 fully saturated rings. The summed E-state index contributed by atoms with van der Waals surface area (Å²) >= 11 is 0. The Labute approximate surface area is 357 Å². The lowest BCUT2D eigenvalue weighted by Gasteiger charge is -2.59. The van der Waals surface area contributed by atoms with Crippen LogP contribution in [0, 0.1) is 34.9 Å². The number of aliphatic hydroxyl groups is 2. The summed E-state index contributed by atoms with van der Waals surface area (Å²) in [6, 6.07) is 30.0. The summed E-state index contributed by atoms with van der Waals surface area (Å²) in [5.41, 5.74) is 4.71. The Hall–Kier alpha value is -5.80. The number of nitriles is 1. The van der Waals surface area contributed by atoms with Crippen LogP contribution in [0.25, 0.3) is 0 Å². The fourth-order valence-electron chi connectivity index (χ4n) is 9.39. The Morgan fingerprint density at radius 3 is 2.44 bits per heavy atom. The minimum Gasteiger partial charge on any atom is -0.489 e. The van der Waals surface area contributed by atoms with E-state index in [4.69, 9.17) is 24.2 Å². The molecule has 10 nitrogen and oxygen atoms in total. The largest absolute Gasteiger partial charge is 0.489 e. The summed E-state index contributed by atoms with van der Waals surface area (Å²) < 4.78 is 35.3. The zero-order valence-corrected chi connectivity index (χ0v) is 34.6. The lowest BCUT2D eigenvalue weighted by Crippen LogP contribution is -2.69. The van der Waals surface area contributed by atoms with Gasteiger partial charge in [-0.05, 0) is 97.2 Å². The van der Waals surface area contributed by atoms with E-state index in [1.807, 2.05) is 48.5 Å². The zero-order chi connectivity index (χ0) is 42.8. The number of hydrogen-bond donors (Lipinski definition) is 2. The van der Waals surface area contributed by atoms with Gasteiger partial charge in [-0.25, -0.2) is 4.39 Å². The molecule has 0 bridgehead atoms. The van der Waals surface area contributed by atoms with Gasteiger partial charge in [0.1, 0.15) is 36.6 Å². The highest BCUT2D eigenvalue weighted by Crippen LogP contribution is 2.62. The average molecular weight is 828 g/mol. The Bertz CT molecular complexity index is 2240. The molecule has 2 N–H and O–H groups in total. The van der Waals surface area contributed by atoms with Crippen molar-refractivity contribution in [2.45, 2.75) is 75.9 Å². The predicted molar refractivity (Wildman–Crippen MR) is 230 cm³/mol. The van der Waals surface area contributed by atoms with Crippen LogP contribution in [-0.2, 0) is 22.8 Å². The molecule has 318 valence electrons. The number of fused-ring (bicyclic) bond motifs is 2. The van der Waals surface area contributed by atoms with Crippen LogP contribution in [0.5, 0.6) is 11.5 Å². The van der Waals surface area contributed by atoms with Crippen LogP contribution in [0.15, 0.2) is 127 Å². The first-order valence-corrected chi connectivity index (χ1v) is 21.2. The maximum atomic E-state index is 14.7. The van der Waals surface area contributed by atoms with E-state index in [0.717, 1.165) is 42.4 Å². The molecule has 6 unspecified atom stereocenters. The number of benzene rings is 4. The van der Waals surface area contributed by atoms with Gasteiger partial charge >= 0.3 is 0 Å². The van der Waals surface area contributed by atoms with Crippen LogP contribution in [0.3, 0.4) is 0 Å². The molecule has 2 aliphatic carbocycles. The number of rotatable bonds is 19. The van der Waals surface area contributed by atoms with E-state index in [0.29, 0.717) is 46.7 Å². The molecule has 4 aromatic rings. The van der Waals surface area contributed by atoms with Gasteiger partial charge in [-0.3, -0.25) is 4.79 Å². The van der Waals surface area contributed by atoms with Gasteiger partial charge in [-0.15, -0.1) is 6.58 Å². The minimum absolute atomic E-state index is 0.0138. The van der Waals surface area contributed by atoms with Crippen LogP contribution in [0.4, 0.5) is 4.39 Å². The molecule has 61 heavy (non-hydrogen) atoms. The number of halogens is 1. The van der Waals surface area contributed by atoms with Gasteiger partial charge in [0.15, 0.2) is 0 Å². The van der Waals surface area contributed by atoms with Gasteiger partial charge < -0.3 is 34.2 Å². The molecule has 0 saturated heterocycles. The number of aliphatic hydroxyl groups excluding tert-OH is 2. The van der Waals surface area contributed by atoms with Crippen LogP contribution in [0.1, 0.15) is 83.5 Å². The molecule has 7 rings (SSSR count). The molecule has 1 saturated carbocycles. The van der Waals surface area contributed by atoms with Crippen LogP contribution >= 0.6 is 0 Å². The smallest absolute Gasteiger partial charge is 0.254 e. The third-order valence-corrected chi connectivity index (χ3v) is 12.3. The summed E-state index contributed by atoms with van der Waals surface area (Å²) in [7, 11) is 1.74. The van der Waals surface area contributed by atoms with Crippen LogP contribution < -0.4 is 9.47 Å². The highest BCUT2D eigenvalue weighted by Gasteiger charge is 2.65. The molecule has 0 aromatic heterocycles. The molecule has 3 aliphatic rings. The normalized spacial score (nSPS) is 23.1. The fourth-order valence-corrected chi connectivity index (χ4v) is 9.39. The molecule has 11 heteroatoms. The van der Waals surface area contributed by atoms with Gasteiger partial charge in [0.05, 0.1) is 29.9 Å². The van der Waals surface area contributed by atoms with Crippen molar-refractivity contribution in [1.82, 2.24) is 4.90 Å². The Morgan fingerprint density at radius 2 is 1.72 bits per heavy atom. The molecule has 6 atom stereocenters.